The first kappa shape index (κ1) is 27.3. The lowest BCUT2D eigenvalue weighted by atomic mass is 9.47. The van der Waals surface area contributed by atoms with Gasteiger partial charge in [0.15, 0.2) is 0 Å². The highest BCUT2D eigenvalue weighted by Crippen LogP contribution is 2.67. The van der Waals surface area contributed by atoms with E-state index in [0.29, 0.717) is 47.5 Å². The monoisotopic (exact) mass is 538 g/mol. The lowest BCUT2D eigenvalue weighted by Crippen LogP contribution is -2.54. The Hall–Kier alpha value is -1.89. The number of amides is 1. The van der Waals surface area contributed by atoms with Crippen LogP contribution in [0.2, 0.25) is 0 Å². The van der Waals surface area contributed by atoms with Crippen LogP contribution < -0.4 is 4.90 Å². The van der Waals surface area contributed by atoms with Gasteiger partial charge in [-0.25, -0.2) is 0 Å². The fourth-order valence-electron chi connectivity index (χ4n) is 10.2. The van der Waals surface area contributed by atoms with Crippen LogP contribution in [0.25, 0.3) is 0 Å². The fourth-order valence-corrected chi connectivity index (χ4v) is 10.2. The third kappa shape index (κ3) is 4.64. The van der Waals surface area contributed by atoms with Crippen LogP contribution in [0.15, 0.2) is 16.1 Å². The number of aliphatic hydroxyl groups is 1. The summed E-state index contributed by atoms with van der Waals surface area (Å²) in [5.41, 5.74) is 2.28. The number of piperazine rings is 1. The van der Waals surface area contributed by atoms with Gasteiger partial charge in [0.05, 0.1) is 6.10 Å². The zero-order valence-corrected chi connectivity index (χ0v) is 24.9. The fraction of sp³-hybridized carbons (Fsp3) is 0.844. The van der Waals surface area contributed by atoms with E-state index in [9.17, 15) is 9.90 Å². The average molecular weight is 539 g/mol. The second-order valence-corrected chi connectivity index (χ2v) is 14.4. The van der Waals surface area contributed by atoms with E-state index in [1.165, 1.54) is 32.1 Å². The Morgan fingerprint density at radius 3 is 2.72 bits per heavy atom. The summed E-state index contributed by atoms with van der Waals surface area (Å²) in [6, 6.07) is 0.711. The summed E-state index contributed by atoms with van der Waals surface area (Å²) in [5, 5.41) is 18.4. The Bertz CT molecular complexity index is 1100. The second kappa shape index (κ2) is 10.2. The third-order valence-corrected chi connectivity index (χ3v) is 12.4. The summed E-state index contributed by atoms with van der Waals surface area (Å²) in [6.07, 6.45) is 13.7. The second-order valence-electron chi connectivity index (χ2n) is 14.4. The lowest BCUT2D eigenvalue weighted by molar-refractivity contribution is -0.134. The van der Waals surface area contributed by atoms with Crippen LogP contribution in [0.4, 0.5) is 6.01 Å². The first-order chi connectivity index (χ1) is 18.6. The average Bonchev–Trinajstić information content (AvgIpc) is 3.50. The van der Waals surface area contributed by atoms with E-state index in [4.69, 9.17) is 4.42 Å². The molecule has 216 valence electrons. The van der Waals surface area contributed by atoms with Gasteiger partial charge in [0.1, 0.15) is 0 Å². The SMILES string of the molecule is Cc1nnc(N2CCN(C(=O)CCC(C)[C@H]3CC[C@H]4[C@@H]5CC=C6C[C@@H](O)CC[C@]6(C)[C@H]5CC[C@]34C)[C@@H](C)C2)o1. The van der Waals surface area contributed by atoms with E-state index in [-0.39, 0.29) is 12.1 Å². The highest BCUT2D eigenvalue weighted by atomic mass is 16.4. The zero-order chi connectivity index (χ0) is 27.5. The minimum absolute atomic E-state index is 0.129. The topological polar surface area (TPSA) is 82.7 Å². The summed E-state index contributed by atoms with van der Waals surface area (Å²) in [7, 11) is 0. The zero-order valence-electron chi connectivity index (χ0n) is 24.9. The molecular weight excluding hydrogens is 488 g/mol. The van der Waals surface area contributed by atoms with Crippen molar-refractivity contribution in [2.45, 2.75) is 111 Å². The number of hydrogen-bond donors (Lipinski definition) is 1. The van der Waals surface area contributed by atoms with Crippen LogP contribution in [0.3, 0.4) is 0 Å². The van der Waals surface area contributed by atoms with E-state index < -0.39 is 0 Å². The minimum atomic E-state index is -0.129. The predicted molar refractivity (Wildman–Crippen MR) is 152 cm³/mol. The Morgan fingerprint density at radius 1 is 1.15 bits per heavy atom. The Kier molecular flexibility index (Phi) is 7.13. The predicted octanol–water partition coefficient (Wildman–Crippen LogP) is 5.77. The van der Waals surface area contributed by atoms with Crippen LogP contribution in [-0.2, 0) is 4.79 Å². The lowest BCUT2D eigenvalue weighted by Gasteiger charge is -2.58. The molecular formula is C32H50N4O3. The van der Waals surface area contributed by atoms with E-state index in [2.05, 4.69) is 53.8 Å². The maximum absolute atomic E-state index is 13.3. The highest BCUT2D eigenvalue weighted by Gasteiger charge is 2.59. The molecule has 1 aliphatic heterocycles. The van der Waals surface area contributed by atoms with E-state index >= 15 is 0 Å². The van der Waals surface area contributed by atoms with Gasteiger partial charge >= 0.3 is 6.01 Å². The summed E-state index contributed by atoms with van der Waals surface area (Å²) in [5.74, 6) is 4.57. The van der Waals surface area contributed by atoms with Crippen molar-refractivity contribution in [3.8, 4) is 0 Å². The molecule has 7 nitrogen and oxygen atoms in total. The number of rotatable bonds is 5. The normalized spacial score (nSPS) is 40.9. The Balaban J connectivity index is 1.06. The van der Waals surface area contributed by atoms with Crippen LogP contribution in [-0.4, -0.2) is 57.9 Å². The van der Waals surface area contributed by atoms with Crippen molar-refractivity contribution < 1.29 is 14.3 Å². The molecule has 0 bridgehead atoms. The van der Waals surface area contributed by atoms with Gasteiger partial charge in [-0.3, -0.25) is 4.79 Å². The molecule has 3 saturated carbocycles. The molecule has 0 radical (unpaired) electrons. The molecule has 1 aromatic rings. The number of aliphatic hydroxyl groups excluding tert-OH is 1. The summed E-state index contributed by atoms with van der Waals surface area (Å²) in [4.78, 5) is 17.5. The summed E-state index contributed by atoms with van der Waals surface area (Å²) < 4.78 is 5.61. The first-order valence-corrected chi connectivity index (χ1v) is 15.8. The van der Waals surface area contributed by atoms with E-state index in [1.54, 1.807) is 5.57 Å². The van der Waals surface area contributed by atoms with Gasteiger partial charge in [-0.1, -0.05) is 37.5 Å². The van der Waals surface area contributed by atoms with Gasteiger partial charge in [-0.2, -0.15) is 0 Å². The number of aryl methyl sites for hydroxylation is 1. The van der Waals surface area contributed by atoms with Crippen molar-refractivity contribution in [1.29, 1.82) is 0 Å². The number of carbonyl (C=O) groups excluding carboxylic acids is 1. The van der Waals surface area contributed by atoms with Crippen molar-refractivity contribution in [1.82, 2.24) is 15.1 Å². The Morgan fingerprint density at radius 2 is 1.97 bits per heavy atom. The third-order valence-electron chi connectivity index (χ3n) is 12.4. The van der Waals surface area contributed by atoms with Crippen LogP contribution in [0.1, 0.15) is 97.8 Å². The van der Waals surface area contributed by atoms with Gasteiger partial charge in [-0.05, 0) is 105 Å². The number of carbonyl (C=O) groups is 1. The maximum atomic E-state index is 13.3. The number of hydrogen-bond acceptors (Lipinski definition) is 6. The number of nitrogens with zero attached hydrogens (tertiary/aromatic N) is 4. The smallest absolute Gasteiger partial charge is 0.318 e. The Labute approximate surface area is 234 Å². The van der Waals surface area contributed by atoms with E-state index in [1.807, 2.05) is 6.92 Å². The molecule has 7 heteroatoms. The summed E-state index contributed by atoms with van der Waals surface area (Å²) in [6.45, 7) is 13.7. The molecule has 5 aliphatic rings. The molecule has 4 fully saturated rings. The molecule has 4 aliphatic carbocycles. The van der Waals surface area contributed by atoms with Gasteiger partial charge in [0.25, 0.3) is 0 Å². The molecule has 1 amide bonds. The van der Waals surface area contributed by atoms with Crippen molar-refractivity contribution in [3.05, 3.63) is 17.5 Å². The molecule has 1 saturated heterocycles. The van der Waals surface area contributed by atoms with E-state index in [0.717, 1.165) is 62.4 Å². The molecule has 0 spiro atoms. The number of anilines is 1. The standard InChI is InChI=1S/C32H50N4O3/c1-20(6-11-29(38)36-17-16-35(19-21(36)2)30-34-33-22(3)39-30)26-9-10-27-25-8-7-23-18-24(37)12-14-31(23,4)28(25)13-15-32(26,27)5/h7,20-21,24-28,37H,6,8-19H2,1-5H3/t20?,21-,24-,25-,26+,27-,28-,31-,32+/m0/s1. The molecule has 1 unspecified atom stereocenters. The van der Waals surface area contributed by atoms with Gasteiger partial charge in [0, 0.05) is 39.0 Å². The van der Waals surface area contributed by atoms with Crippen LogP contribution in [0, 0.1) is 47.3 Å². The first-order valence-electron chi connectivity index (χ1n) is 15.8. The van der Waals surface area contributed by atoms with Gasteiger partial charge < -0.3 is 19.3 Å². The highest BCUT2D eigenvalue weighted by molar-refractivity contribution is 5.76. The number of fused-ring (bicyclic) bond motifs is 5. The van der Waals surface area contributed by atoms with Crippen molar-refractivity contribution in [2.75, 3.05) is 24.5 Å². The van der Waals surface area contributed by atoms with Crippen LogP contribution in [0.5, 0.6) is 0 Å². The van der Waals surface area contributed by atoms with Crippen molar-refractivity contribution >= 4 is 11.9 Å². The molecule has 6 rings (SSSR count). The van der Waals surface area contributed by atoms with Crippen molar-refractivity contribution in [2.24, 2.45) is 40.4 Å². The minimum Gasteiger partial charge on any atom is -0.408 e. The van der Waals surface area contributed by atoms with Crippen molar-refractivity contribution in [3.63, 3.8) is 0 Å². The molecule has 1 aromatic heterocycles. The van der Waals surface area contributed by atoms with Gasteiger partial charge in [-0.15, -0.1) is 5.10 Å². The summed E-state index contributed by atoms with van der Waals surface area (Å²) >= 11 is 0. The molecule has 2 heterocycles. The quantitative estimate of drug-likeness (QED) is 0.479. The maximum Gasteiger partial charge on any atom is 0.318 e. The van der Waals surface area contributed by atoms with Crippen LogP contribution >= 0.6 is 0 Å². The number of aromatic nitrogens is 2. The largest absolute Gasteiger partial charge is 0.408 e. The van der Waals surface area contributed by atoms with Gasteiger partial charge in [0.2, 0.25) is 11.8 Å². The molecule has 1 N–H and O–H groups in total. The molecule has 0 aromatic carbocycles. The number of allylic oxidation sites excluding steroid dienone is 1. The molecule has 9 atom stereocenters. The molecule has 39 heavy (non-hydrogen) atoms.